The van der Waals surface area contributed by atoms with Gasteiger partial charge in [-0.25, -0.2) is 4.79 Å². The lowest BCUT2D eigenvalue weighted by atomic mass is 9.99. The van der Waals surface area contributed by atoms with E-state index in [0.29, 0.717) is 5.56 Å². The SMILES string of the molecule is Cc1ccc(-c2ccc3ccc(C(=O)O)cc3c2)cc1. The Morgan fingerprint density at radius 2 is 1.45 bits per heavy atom. The fourth-order valence-corrected chi connectivity index (χ4v) is 2.31. The maximum absolute atomic E-state index is 11.0. The summed E-state index contributed by atoms with van der Waals surface area (Å²) in [5.74, 6) is -0.896. The number of rotatable bonds is 2. The number of carbonyl (C=O) groups is 1. The molecule has 0 unspecified atom stereocenters. The van der Waals surface area contributed by atoms with Gasteiger partial charge in [-0.05, 0) is 47.0 Å². The summed E-state index contributed by atoms with van der Waals surface area (Å²) in [4.78, 5) is 11.0. The van der Waals surface area contributed by atoms with Crippen molar-refractivity contribution in [3.63, 3.8) is 0 Å². The molecule has 0 saturated heterocycles. The maximum atomic E-state index is 11.0. The average molecular weight is 262 g/mol. The lowest BCUT2D eigenvalue weighted by molar-refractivity contribution is 0.0697. The molecule has 1 N–H and O–H groups in total. The molecule has 2 nitrogen and oxygen atoms in total. The van der Waals surface area contributed by atoms with Crippen LogP contribution in [-0.4, -0.2) is 11.1 Å². The van der Waals surface area contributed by atoms with Crippen molar-refractivity contribution < 1.29 is 9.90 Å². The molecule has 3 aromatic carbocycles. The second-order valence-corrected chi connectivity index (χ2v) is 4.95. The number of carboxylic acids is 1. The van der Waals surface area contributed by atoms with E-state index < -0.39 is 5.97 Å². The minimum atomic E-state index is -0.896. The van der Waals surface area contributed by atoms with Crippen LogP contribution in [0, 0.1) is 6.92 Å². The quantitative estimate of drug-likeness (QED) is 0.737. The standard InChI is InChI=1S/C18H14O2/c1-12-2-4-13(5-3-12)15-8-6-14-7-9-16(18(19)20)11-17(14)10-15/h2-11H,1H3,(H,19,20). The molecule has 0 radical (unpaired) electrons. The van der Waals surface area contributed by atoms with E-state index in [1.165, 1.54) is 5.56 Å². The second kappa shape index (κ2) is 4.82. The average Bonchev–Trinajstić information content (AvgIpc) is 2.47. The molecule has 0 aliphatic rings. The minimum Gasteiger partial charge on any atom is -0.478 e. The van der Waals surface area contributed by atoms with Crippen LogP contribution in [0.15, 0.2) is 60.7 Å². The molecule has 0 bridgehead atoms. The van der Waals surface area contributed by atoms with Crippen LogP contribution in [0.5, 0.6) is 0 Å². The zero-order chi connectivity index (χ0) is 14.1. The van der Waals surface area contributed by atoms with Crippen LogP contribution >= 0.6 is 0 Å². The molecule has 3 rings (SSSR count). The van der Waals surface area contributed by atoms with Gasteiger partial charge < -0.3 is 5.11 Å². The third-order valence-electron chi connectivity index (χ3n) is 3.47. The number of hydrogen-bond acceptors (Lipinski definition) is 1. The molecule has 0 atom stereocenters. The molecular formula is C18H14O2. The first-order valence-corrected chi connectivity index (χ1v) is 6.48. The number of fused-ring (bicyclic) bond motifs is 1. The van der Waals surface area contributed by atoms with Crippen LogP contribution in [0.25, 0.3) is 21.9 Å². The Labute approximate surface area is 117 Å². The number of benzene rings is 3. The summed E-state index contributed by atoms with van der Waals surface area (Å²) >= 11 is 0. The highest BCUT2D eigenvalue weighted by Crippen LogP contribution is 2.25. The first-order chi connectivity index (χ1) is 9.63. The van der Waals surface area contributed by atoms with E-state index in [1.54, 1.807) is 12.1 Å². The summed E-state index contributed by atoms with van der Waals surface area (Å²) in [5, 5.41) is 11.1. The fraction of sp³-hybridized carbons (Fsp3) is 0.0556. The summed E-state index contributed by atoms with van der Waals surface area (Å²) in [6.45, 7) is 2.06. The highest BCUT2D eigenvalue weighted by atomic mass is 16.4. The van der Waals surface area contributed by atoms with Crippen molar-refractivity contribution in [2.45, 2.75) is 6.92 Å². The second-order valence-electron chi connectivity index (χ2n) is 4.95. The number of carboxylic acid groups (broad SMARTS) is 1. The van der Waals surface area contributed by atoms with Crippen molar-refractivity contribution in [2.24, 2.45) is 0 Å². The van der Waals surface area contributed by atoms with Crippen molar-refractivity contribution in [1.82, 2.24) is 0 Å². The zero-order valence-electron chi connectivity index (χ0n) is 11.1. The highest BCUT2D eigenvalue weighted by Gasteiger charge is 2.05. The minimum absolute atomic E-state index is 0.318. The largest absolute Gasteiger partial charge is 0.478 e. The van der Waals surface area contributed by atoms with Crippen LogP contribution < -0.4 is 0 Å². The molecule has 0 aliphatic heterocycles. The van der Waals surface area contributed by atoms with Crippen LogP contribution in [0.2, 0.25) is 0 Å². The van der Waals surface area contributed by atoms with Gasteiger partial charge in [0.25, 0.3) is 0 Å². The van der Waals surface area contributed by atoms with Crippen molar-refractivity contribution in [3.8, 4) is 11.1 Å². The third-order valence-corrected chi connectivity index (χ3v) is 3.47. The van der Waals surface area contributed by atoms with Gasteiger partial charge in [-0.15, -0.1) is 0 Å². The van der Waals surface area contributed by atoms with Gasteiger partial charge in [0.2, 0.25) is 0 Å². The summed E-state index contributed by atoms with van der Waals surface area (Å²) in [5.41, 5.74) is 3.78. The Kier molecular flexibility index (Phi) is 2.99. The van der Waals surface area contributed by atoms with Crippen molar-refractivity contribution in [1.29, 1.82) is 0 Å². The topological polar surface area (TPSA) is 37.3 Å². The molecule has 0 amide bonds. The Morgan fingerprint density at radius 1 is 0.800 bits per heavy atom. The van der Waals surface area contributed by atoms with E-state index in [4.69, 9.17) is 5.11 Å². The van der Waals surface area contributed by atoms with Gasteiger partial charge in [0.1, 0.15) is 0 Å². The summed E-state index contributed by atoms with van der Waals surface area (Å²) in [6.07, 6.45) is 0. The molecule has 0 spiro atoms. The van der Waals surface area contributed by atoms with Crippen molar-refractivity contribution in [2.75, 3.05) is 0 Å². The Hall–Kier alpha value is -2.61. The van der Waals surface area contributed by atoms with Gasteiger partial charge >= 0.3 is 5.97 Å². The van der Waals surface area contributed by atoms with Gasteiger partial charge in [-0.1, -0.05) is 48.0 Å². The first-order valence-electron chi connectivity index (χ1n) is 6.48. The van der Waals surface area contributed by atoms with Gasteiger partial charge in [0.05, 0.1) is 5.56 Å². The Bertz CT molecular complexity index is 786. The predicted molar refractivity (Wildman–Crippen MR) is 81.1 cm³/mol. The normalized spacial score (nSPS) is 10.7. The molecule has 2 heteroatoms. The monoisotopic (exact) mass is 262 g/mol. The lowest BCUT2D eigenvalue weighted by Gasteiger charge is -2.05. The van der Waals surface area contributed by atoms with Crippen LogP contribution in [-0.2, 0) is 0 Å². The summed E-state index contributed by atoms with van der Waals surface area (Å²) in [7, 11) is 0. The molecule has 3 aromatic rings. The number of aryl methyl sites for hydroxylation is 1. The van der Waals surface area contributed by atoms with E-state index in [-0.39, 0.29) is 0 Å². The number of hydrogen-bond donors (Lipinski definition) is 1. The summed E-state index contributed by atoms with van der Waals surface area (Å²) < 4.78 is 0. The van der Waals surface area contributed by atoms with Crippen molar-refractivity contribution >= 4 is 16.7 Å². The van der Waals surface area contributed by atoms with Crippen molar-refractivity contribution in [3.05, 3.63) is 71.8 Å². The van der Waals surface area contributed by atoms with Gasteiger partial charge in [-0.2, -0.15) is 0 Å². The van der Waals surface area contributed by atoms with Gasteiger partial charge in [-0.3, -0.25) is 0 Å². The molecule has 0 fully saturated rings. The maximum Gasteiger partial charge on any atom is 0.335 e. The van der Waals surface area contributed by atoms with E-state index in [9.17, 15) is 4.79 Å². The fourth-order valence-electron chi connectivity index (χ4n) is 2.31. The third kappa shape index (κ3) is 2.28. The molecule has 0 aliphatic carbocycles. The van der Waals surface area contributed by atoms with Crippen LogP contribution in [0.3, 0.4) is 0 Å². The smallest absolute Gasteiger partial charge is 0.335 e. The van der Waals surface area contributed by atoms with Gasteiger partial charge in [0.15, 0.2) is 0 Å². The van der Waals surface area contributed by atoms with E-state index in [0.717, 1.165) is 21.9 Å². The zero-order valence-corrected chi connectivity index (χ0v) is 11.1. The van der Waals surface area contributed by atoms with Crippen LogP contribution in [0.1, 0.15) is 15.9 Å². The first kappa shape index (κ1) is 12.4. The van der Waals surface area contributed by atoms with Gasteiger partial charge in [0, 0.05) is 0 Å². The molecule has 98 valence electrons. The highest BCUT2D eigenvalue weighted by molar-refractivity contribution is 5.95. The molecule has 20 heavy (non-hydrogen) atoms. The van der Waals surface area contributed by atoms with E-state index in [1.807, 2.05) is 18.2 Å². The molecule has 0 saturated carbocycles. The molecule has 0 heterocycles. The van der Waals surface area contributed by atoms with E-state index in [2.05, 4.69) is 37.3 Å². The Balaban J connectivity index is 2.13. The number of aromatic carboxylic acids is 1. The van der Waals surface area contributed by atoms with E-state index >= 15 is 0 Å². The lowest BCUT2D eigenvalue weighted by Crippen LogP contribution is -1.95. The Morgan fingerprint density at radius 3 is 2.15 bits per heavy atom. The van der Waals surface area contributed by atoms with Crippen LogP contribution in [0.4, 0.5) is 0 Å². The molecular weight excluding hydrogens is 248 g/mol. The predicted octanol–water partition coefficient (Wildman–Crippen LogP) is 4.51. The summed E-state index contributed by atoms with van der Waals surface area (Å²) in [6, 6.07) is 19.6. The molecule has 0 aromatic heterocycles.